The molecule has 2 amide bonds. The average molecular weight is 344 g/mol. The van der Waals surface area contributed by atoms with Gasteiger partial charge in [-0.25, -0.2) is 0 Å². The predicted molar refractivity (Wildman–Crippen MR) is 80.2 cm³/mol. The third-order valence-electron chi connectivity index (χ3n) is 3.89. The molecule has 8 heteroatoms. The molecule has 24 heavy (non-hydrogen) atoms. The standard InChI is InChI=1S/C16H19F3N2O3/c1-2-7-21(11-16(17,18)19)14(22)12-5-8-20(9-6-12)15(23)13-4-3-10-24-13/h2-4,10,12H,1,5-9,11H2. The third kappa shape index (κ3) is 4.62. The minimum absolute atomic E-state index is 0.149. The second kappa shape index (κ2) is 7.55. The lowest BCUT2D eigenvalue weighted by Crippen LogP contribution is -2.46. The summed E-state index contributed by atoms with van der Waals surface area (Å²) in [5.41, 5.74) is 0. The summed E-state index contributed by atoms with van der Waals surface area (Å²) in [6.07, 6.45) is -1.12. The molecule has 132 valence electrons. The number of piperidine rings is 1. The number of hydrogen-bond acceptors (Lipinski definition) is 3. The summed E-state index contributed by atoms with van der Waals surface area (Å²) in [6, 6.07) is 3.16. The number of halogens is 3. The van der Waals surface area contributed by atoms with Crippen LogP contribution in [0.2, 0.25) is 0 Å². The third-order valence-corrected chi connectivity index (χ3v) is 3.89. The molecule has 0 radical (unpaired) electrons. The Morgan fingerprint density at radius 3 is 2.54 bits per heavy atom. The SMILES string of the molecule is C=CCN(CC(F)(F)F)C(=O)C1CCN(C(=O)c2ccco2)CC1. The van der Waals surface area contributed by atoms with E-state index in [1.54, 1.807) is 17.0 Å². The van der Waals surface area contributed by atoms with E-state index in [1.807, 2.05) is 0 Å². The molecule has 1 fully saturated rings. The van der Waals surface area contributed by atoms with Crippen LogP contribution >= 0.6 is 0 Å². The Morgan fingerprint density at radius 2 is 2.04 bits per heavy atom. The molecule has 1 aromatic rings. The maximum absolute atomic E-state index is 12.6. The lowest BCUT2D eigenvalue weighted by atomic mass is 9.95. The molecule has 0 N–H and O–H groups in total. The summed E-state index contributed by atoms with van der Waals surface area (Å²) in [5.74, 6) is -1.13. The van der Waals surface area contributed by atoms with Crippen molar-refractivity contribution >= 4 is 11.8 Å². The van der Waals surface area contributed by atoms with Crippen molar-refractivity contribution in [2.75, 3.05) is 26.2 Å². The highest BCUT2D eigenvalue weighted by molar-refractivity contribution is 5.91. The van der Waals surface area contributed by atoms with Crippen LogP contribution in [-0.2, 0) is 4.79 Å². The van der Waals surface area contributed by atoms with Gasteiger partial charge in [-0.3, -0.25) is 9.59 Å². The number of furan rings is 1. The van der Waals surface area contributed by atoms with Crippen LogP contribution in [0.15, 0.2) is 35.5 Å². The average Bonchev–Trinajstić information content (AvgIpc) is 3.06. The molecule has 1 aliphatic rings. The molecule has 0 aliphatic carbocycles. The van der Waals surface area contributed by atoms with Gasteiger partial charge in [-0.1, -0.05) is 6.08 Å². The first-order valence-corrected chi connectivity index (χ1v) is 7.61. The van der Waals surface area contributed by atoms with Crippen LogP contribution in [0.4, 0.5) is 13.2 Å². The van der Waals surface area contributed by atoms with Gasteiger partial charge in [-0.2, -0.15) is 13.2 Å². The maximum Gasteiger partial charge on any atom is 0.406 e. The van der Waals surface area contributed by atoms with Crippen molar-refractivity contribution in [3.8, 4) is 0 Å². The van der Waals surface area contributed by atoms with Crippen LogP contribution < -0.4 is 0 Å². The molecule has 2 rings (SSSR count). The van der Waals surface area contributed by atoms with Gasteiger partial charge in [-0.05, 0) is 25.0 Å². The van der Waals surface area contributed by atoms with Crippen LogP contribution in [0.5, 0.6) is 0 Å². The molecular weight excluding hydrogens is 325 g/mol. The monoisotopic (exact) mass is 344 g/mol. The Kier molecular flexibility index (Phi) is 5.69. The van der Waals surface area contributed by atoms with Crippen molar-refractivity contribution in [1.82, 2.24) is 9.80 Å². The van der Waals surface area contributed by atoms with Crippen molar-refractivity contribution in [1.29, 1.82) is 0 Å². The fraction of sp³-hybridized carbons (Fsp3) is 0.500. The molecule has 0 saturated carbocycles. The van der Waals surface area contributed by atoms with E-state index in [4.69, 9.17) is 4.42 Å². The fourth-order valence-electron chi connectivity index (χ4n) is 2.75. The van der Waals surface area contributed by atoms with Gasteiger partial charge in [0.2, 0.25) is 5.91 Å². The summed E-state index contributed by atoms with van der Waals surface area (Å²) in [6.45, 7) is 2.58. The van der Waals surface area contributed by atoms with E-state index in [1.165, 1.54) is 12.3 Å². The maximum atomic E-state index is 12.6. The zero-order chi connectivity index (χ0) is 17.7. The molecule has 0 atom stereocenters. The van der Waals surface area contributed by atoms with Gasteiger partial charge in [0.15, 0.2) is 5.76 Å². The van der Waals surface area contributed by atoms with Gasteiger partial charge < -0.3 is 14.2 Å². The van der Waals surface area contributed by atoms with Gasteiger partial charge in [0.05, 0.1) is 6.26 Å². The summed E-state index contributed by atoms with van der Waals surface area (Å²) in [7, 11) is 0. The quantitative estimate of drug-likeness (QED) is 0.772. The minimum Gasteiger partial charge on any atom is -0.459 e. The Labute approximate surface area is 137 Å². The molecule has 5 nitrogen and oxygen atoms in total. The number of rotatable bonds is 5. The predicted octanol–water partition coefficient (Wildman–Crippen LogP) is 2.71. The first-order valence-electron chi connectivity index (χ1n) is 7.61. The number of carbonyl (C=O) groups excluding carboxylic acids is 2. The van der Waals surface area contributed by atoms with Crippen LogP contribution in [0.1, 0.15) is 23.4 Å². The van der Waals surface area contributed by atoms with Crippen LogP contribution in [0, 0.1) is 5.92 Å². The van der Waals surface area contributed by atoms with Crippen molar-refractivity contribution < 1.29 is 27.2 Å². The van der Waals surface area contributed by atoms with E-state index in [0.29, 0.717) is 25.9 Å². The van der Waals surface area contributed by atoms with E-state index in [0.717, 1.165) is 4.90 Å². The first-order chi connectivity index (χ1) is 11.3. The highest BCUT2D eigenvalue weighted by Crippen LogP contribution is 2.24. The molecular formula is C16H19F3N2O3. The minimum atomic E-state index is -4.45. The lowest BCUT2D eigenvalue weighted by molar-refractivity contribution is -0.163. The van der Waals surface area contributed by atoms with Crippen LogP contribution in [0.25, 0.3) is 0 Å². The highest BCUT2D eigenvalue weighted by Gasteiger charge is 2.36. The smallest absolute Gasteiger partial charge is 0.406 e. The zero-order valence-corrected chi connectivity index (χ0v) is 13.1. The largest absolute Gasteiger partial charge is 0.459 e. The first kappa shape index (κ1) is 18.1. The lowest BCUT2D eigenvalue weighted by Gasteiger charge is -2.33. The zero-order valence-electron chi connectivity index (χ0n) is 13.1. The second-order valence-corrected chi connectivity index (χ2v) is 5.67. The van der Waals surface area contributed by atoms with Crippen molar-refractivity contribution in [2.45, 2.75) is 19.0 Å². The summed E-state index contributed by atoms with van der Waals surface area (Å²) in [5, 5.41) is 0. The van der Waals surface area contributed by atoms with E-state index < -0.39 is 24.5 Å². The summed E-state index contributed by atoms with van der Waals surface area (Å²) in [4.78, 5) is 26.8. The molecule has 2 heterocycles. The van der Waals surface area contributed by atoms with Gasteiger partial charge >= 0.3 is 6.18 Å². The Hall–Kier alpha value is -2.25. The number of likely N-dealkylation sites (tertiary alicyclic amines) is 1. The van der Waals surface area contributed by atoms with E-state index >= 15 is 0 Å². The van der Waals surface area contributed by atoms with Gasteiger partial charge in [-0.15, -0.1) is 6.58 Å². The van der Waals surface area contributed by atoms with Crippen LogP contribution in [-0.4, -0.2) is 54.0 Å². The molecule has 1 saturated heterocycles. The molecule has 0 bridgehead atoms. The van der Waals surface area contributed by atoms with E-state index in [-0.39, 0.29) is 18.2 Å². The number of amides is 2. The Balaban J connectivity index is 1.93. The fourth-order valence-corrected chi connectivity index (χ4v) is 2.75. The van der Waals surface area contributed by atoms with Crippen molar-refractivity contribution in [3.05, 3.63) is 36.8 Å². The number of nitrogens with zero attached hydrogens (tertiary/aromatic N) is 2. The second-order valence-electron chi connectivity index (χ2n) is 5.67. The Morgan fingerprint density at radius 1 is 1.38 bits per heavy atom. The topological polar surface area (TPSA) is 53.8 Å². The van der Waals surface area contributed by atoms with Gasteiger partial charge in [0, 0.05) is 25.6 Å². The summed E-state index contributed by atoms with van der Waals surface area (Å²) >= 11 is 0. The highest BCUT2D eigenvalue weighted by atomic mass is 19.4. The van der Waals surface area contributed by atoms with Crippen molar-refractivity contribution in [2.24, 2.45) is 5.92 Å². The number of carbonyl (C=O) groups is 2. The molecule has 0 unspecified atom stereocenters. The van der Waals surface area contributed by atoms with Gasteiger partial charge in [0.1, 0.15) is 6.54 Å². The number of hydrogen-bond donors (Lipinski definition) is 0. The van der Waals surface area contributed by atoms with E-state index in [9.17, 15) is 22.8 Å². The molecule has 1 aromatic heterocycles. The van der Waals surface area contributed by atoms with Crippen molar-refractivity contribution in [3.63, 3.8) is 0 Å². The van der Waals surface area contributed by atoms with E-state index in [2.05, 4.69) is 6.58 Å². The van der Waals surface area contributed by atoms with Crippen LogP contribution in [0.3, 0.4) is 0 Å². The van der Waals surface area contributed by atoms with Gasteiger partial charge in [0.25, 0.3) is 5.91 Å². The Bertz CT molecular complexity index is 576. The molecule has 0 aromatic carbocycles. The number of alkyl halides is 3. The molecule has 0 spiro atoms. The normalized spacial score (nSPS) is 16.0. The summed E-state index contributed by atoms with van der Waals surface area (Å²) < 4.78 is 42.8. The molecule has 1 aliphatic heterocycles.